The fourth-order valence-corrected chi connectivity index (χ4v) is 3.54. The van der Waals surface area contributed by atoms with Crippen LogP contribution in [0.3, 0.4) is 0 Å². The van der Waals surface area contributed by atoms with E-state index in [-0.39, 0.29) is 0 Å². The Kier molecular flexibility index (Phi) is 4.16. The molecule has 1 aromatic heterocycles. The summed E-state index contributed by atoms with van der Waals surface area (Å²) in [5.74, 6) is 3.42. The van der Waals surface area contributed by atoms with Crippen LogP contribution >= 0.6 is 11.8 Å². The average molecular weight is 278 g/mol. The summed E-state index contributed by atoms with van der Waals surface area (Å²) in [7, 11) is 0. The number of ether oxygens (including phenoxy) is 1. The second-order valence-electron chi connectivity index (χ2n) is 5.76. The molecule has 0 atom stereocenters. The summed E-state index contributed by atoms with van der Waals surface area (Å²) < 4.78 is 5.72. The maximum atomic E-state index is 5.92. The topological polar surface area (TPSA) is 48.1 Å². The minimum atomic E-state index is 0.628. The molecule has 1 heterocycles. The molecule has 19 heavy (non-hydrogen) atoms. The molecule has 0 unspecified atom stereocenters. The van der Waals surface area contributed by atoms with Crippen molar-refractivity contribution in [2.75, 3.05) is 18.1 Å². The molecule has 2 saturated carbocycles. The maximum absolute atomic E-state index is 5.92. The van der Waals surface area contributed by atoms with Crippen LogP contribution in [0.1, 0.15) is 38.5 Å². The molecule has 0 aliphatic heterocycles. The molecule has 2 N–H and O–H groups in total. The first-order valence-electron chi connectivity index (χ1n) is 7.33. The first-order valence-corrected chi connectivity index (χ1v) is 8.32. The van der Waals surface area contributed by atoms with Gasteiger partial charge in [0.2, 0.25) is 5.88 Å². The van der Waals surface area contributed by atoms with Crippen molar-refractivity contribution in [1.82, 2.24) is 4.98 Å². The molecule has 0 amide bonds. The number of nitrogens with two attached hydrogens (primary N) is 1. The van der Waals surface area contributed by atoms with Gasteiger partial charge in [0.15, 0.2) is 0 Å². The van der Waals surface area contributed by atoms with Crippen LogP contribution < -0.4 is 10.5 Å². The third-order valence-electron chi connectivity index (χ3n) is 3.96. The maximum Gasteiger partial charge on any atom is 0.238 e. The summed E-state index contributed by atoms with van der Waals surface area (Å²) in [5, 5.41) is 1.05. The Balaban J connectivity index is 1.55. The highest BCUT2D eigenvalue weighted by Gasteiger charge is 2.22. The molecule has 1 aromatic rings. The van der Waals surface area contributed by atoms with Crippen LogP contribution in [0.2, 0.25) is 0 Å². The Hall–Kier alpha value is -0.900. The van der Waals surface area contributed by atoms with Crippen LogP contribution in [-0.2, 0) is 0 Å². The molecule has 104 valence electrons. The van der Waals surface area contributed by atoms with Gasteiger partial charge in [-0.15, -0.1) is 11.8 Å². The first kappa shape index (κ1) is 13.1. The molecule has 0 radical (unpaired) electrons. The smallest absolute Gasteiger partial charge is 0.238 e. The Labute approximate surface area is 119 Å². The summed E-state index contributed by atoms with van der Waals surface area (Å²) >= 11 is 1.84. The average Bonchev–Trinajstić information content (AvgIpc) is 3.10. The molecule has 3 rings (SSSR count). The second kappa shape index (κ2) is 6.04. The number of thioether (sulfide) groups is 1. The van der Waals surface area contributed by atoms with E-state index in [2.05, 4.69) is 4.98 Å². The van der Waals surface area contributed by atoms with Gasteiger partial charge in [-0.2, -0.15) is 0 Å². The van der Waals surface area contributed by atoms with Gasteiger partial charge in [-0.25, -0.2) is 4.98 Å². The first-order chi connectivity index (χ1) is 9.31. The number of hydrogen-bond donors (Lipinski definition) is 1. The summed E-state index contributed by atoms with van der Waals surface area (Å²) in [4.78, 5) is 4.55. The van der Waals surface area contributed by atoms with Gasteiger partial charge in [-0.1, -0.05) is 12.8 Å². The van der Waals surface area contributed by atoms with Gasteiger partial charge < -0.3 is 10.5 Å². The van der Waals surface area contributed by atoms with Crippen LogP contribution in [-0.4, -0.2) is 17.3 Å². The predicted molar refractivity (Wildman–Crippen MR) is 79.6 cm³/mol. The van der Waals surface area contributed by atoms with E-state index in [1.807, 2.05) is 23.9 Å². The highest BCUT2D eigenvalue weighted by Crippen LogP contribution is 2.33. The van der Waals surface area contributed by atoms with Crippen LogP contribution in [0.4, 0.5) is 5.69 Å². The Bertz CT molecular complexity index is 428. The van der Waals surface area contributed by atoms with E-state index in [0.717, 1.165) is 23.5 Å². The van der Waals surface area contributed by atoms with Gasteiger partial charge in [-0.3, -0.25) is 0 Å². The van der Waals surface area contributed by atoms with Crippen molar-refractivity contribution in [2.24, 2.45) is 11.8 Å². The highest BCUT2D eigenvalue weighted by atomic mass is 32.2. The Morgan fingerprint density at radius 3 is 2.68 bits per heavy atom. The molecule has 4 heteroatoms. The molecular weight excluding hydrogens is 256 g/mol. The molecule has 2 aliphatic carbocycles. The van der Waals surface area contributed by atoms with Gasteiger partial charge in [0, 0.05) is 5.75 Å². The van der Waals surface area contributed by atoms with Gasteiger partial charge in [0.25, 0.3) is 0 Å². The molecule has 3 nitrogen and oxygen atoms in total. The van der Waals surface area contributed by atoms with Crippen molar-refractivity contribution < 1.29 is 4.74 Å². The van der Waals surface area contributed by atoms with Gasteiger partial charge in [0.05, 0.1) is 12.3 Å². The quantitative estimate of drug-likeness (QED) is 0.805. The predicted octanol–water partition coefficient (Wildman–Crippen LogP) is 3.73. The summed E-state index contributed by atoms with van der Waals surface area (Å²) in [6.07, 6.45) is 8.14. The van der Waals surface area contributed by atoms with E-state index >= 15 is 0 Å². The highest BCUT2D eigenvalue weighted by molar-refractivity contribution is 7.99. The number of nitrogens with zero attached hydrogens (tertiary/aromatic N) is 1. The fraction of sp³-hybridized carbons (Fsp3) is 0.667. The third-order valence-corrected chi connectivity index (χ3v) is 5.12. The lowest BCUT2D eigenvalue weighted by Crippen LogP contribution is -2.04. The van der Waals surface area contributed by atoms with Crippen molar-refractivity contribution in [2.45, 2.75) is 43.6 Å². The van der Waals surface area contributed by atoms with E-state index in [1.54, 1.807) is 0 Å². The number of hydrogen-bond acceptors (Lipinski definition) is 4. The van der Waals surface area contributed by atoms with Crippen LogP contribution in [0.15, 0.2) is 17.2 Å². The molecule has 0 aromatic carbocycles. The lowest BCUT2D eigenvalue weighted by molar-refractivity contribution is 0.288. The summed E-state index contributed by atoms with van der Waals surface area (Å²) in [6.45, 7) is 0.772. The van der Waals surface area contributed by atoms with Crippen LogP contribution in [0, 0.1) is 11.8 Å². The molecular formula is C15H22N2OS. The largest absolute Gasteiger partial charge is 0.476 e. The van der Waals surface area contributed by atoms with E-state index in [9.17, 15) is 0 Å². The number of nitrogen functional groups attached to an aromatic ring is 1. The number of anilines is 1. The molecule has 2 aliphatic rings. The van der Waals surface area contributed by atoms with E-state index in [1.165, 1.54) is 44.3 Å². The second-order valence-corrected chi connectivity index (χ2v) is 6.80. The number of rotatable bonds is 6. The summed E-state index contributed by atoms with van der Waals surface area (Å²) in [6, 6.07) is 3.94. The molecule has 2 fully saturated rings. The van der Waals surface area contributed by atoms with Gasteiger partial charge in [0.1, 0.15) is 5.03 Å². The zero-order chi connectivity index (χ0) is 13.1. The SMILES string of the molecule is Nc1ccc(SCC2CCCC2)nc1OCC1CC1. The van der Waals surface area contributed by atoms with Crippen molar-refractivity contribution in [3.05, 3.63) is 12.1 Å². The normalized spacial score (nSPS) is 19.8. The number of aromatic nitrogens is 1. The summed E-state index contributed by atoms with van der Waals surface area (Å²) in [5.41, 5.74) is 6.58. The lowest BCUT2D eigenvalue weighted by Gasteiger charge is -2.11. The molecule has 0 saturated heterocycles. The zero-order valence-electron chi connectivity index (χ0n) is 11.3. The van der Waals surface area contributed by atoms with Crippen LogP contribution in [0.5, 0.6) is 5.88 Å². The van der Waals surface area contributed by atoms with Gasteiger partial charge >= 0.3 is 0 Å². The minimum Gasteiger partial charge on any atom is -0.476 e. The van der Waals surface area contributed by atoms with Crippen LogP contribution in [0.25, 0.3) is 0 Å². The van der Waals surface area contributed by atoms with Crippen molar-refractivity contribution >= 4 is 17.4 Å². The lowest BCUT2D eigenvalue weighted by atomic mass is 10.1. The van der Waals surface area contributed by atoms with E-state index in [0.29, 0.717) is 11.6 Å². The van der Waals surface area contributed by atoms with Gasteiger partial charge in [-0.05, 0) is 49.7 Å². The molecule has 0 spiro atoms. The van der Waals surface area contributed by atoms with Crippen molar-refractivity contribution in [3.63, 3.8) is 0 Å². The standard InChI is InChI=1S/C15H22N2OS/c16-13-7-8-14(19-10-12-3-1-2-4-12)17-15(13)18-9-11-5-6-11/h7-8,11-12H,1-6,9-10,16H2. The van der Waals surface area contributed by atoms with E-state index in [4.69, 9.17) is 10.5 Å². The minimum absolute atomic E-state index is 0.628. The zero-order valence-corrected chi connectivity index (χ0v) is 12.1. The fourth-order valence-electron chi connectivity index (χ4n) is 2.49. The monoisotopic (exact) mass is 278 g/mol. The van der Waals surface area contributed by atoms with E-state index < -0.39 is 0 Å². The third kappa shape index (κ3) is 3.78. The van der Waals surface area contributed by atoms with Crippen molar-refractivity contribution in [3.8, 4) is 5.88 Å². The van der Waals surface area contributed by atoms with Crippen molar-refractivity contribution in [1.29, 1.82) is 0 Å². The number of pyridine rings is 1. The molecule has 0 bridgehead atoms. The Morgan fingerprint density at radius 1 is 1.16 bits per heavy atom. The Morgan fingerprint density at radius 2 is 1.95 bits per heavy atom.